The van der Waals surface area contributed by atoms with E-state index >= 15 is 0 Å². The second-order valence-electron chi connectivity index (χ2n) is 7.23. The molecule has 0 saturated carbocycles. The van der Waals surface area contributed by atoms with Gasteiger partial charge in [0.25, 0.3) is 0 Å². The van der Waals surface area contributed by atoms with E-state index in [-0.39, 0.29) is 40.1 Å². The average molecular weight is 467 g/mol. The largest absolute Gasteiger partial charge is 0.478 e. The van der Waals surface area contributed by atoms with Crippen molar-refractivity contribution >= 4 is 28.9 Å². The predicted molar refractivity (Wildman–Crippen MR) is 117 cm³/mol. The second-order valence-corrected chi connectivity index (χ2v) is 7.23. The second kappa shape index (κ2) is 9.18. The number of carbonyl (C=O) groups is 2. The molecule has 0 spiro atoms. The summed E-state index contributed by atoms with van der Waals surface area (Å²) in [5.41, 5.74) is -0.415. The number of amides is 1. The van der Waals surface area contributed by atoms with Crippen LogP contribution in [-0.4, -0.2) is 27.0 Å². The monoisotopic (exact) mass is 467 g/mol. The van der Waals surface area contributed by atoms with Crippen molar-refractivity contribution in [1.29, 1.82) is 0 Å². The molecule has 0 atom stereocenters. The number of pyridine rings is 2. The molecular formula is C24H16F3N3O4. The van der Waals surface area contributed by atoms with Crippen LogP contribution in [0, 0.1) is 0 Å². The van der Waals surface area contributed by atoms with Crippen LogP contribution < -0.4 is 5.32 Å². The molecule has 0 bridgehead atoms. The standard InChI is InChI=1S/C24H16F3N3O4/c25-24(26,27)19-10-16(20-5-4-15(12-29-20)23(32)33)8-17-9-18(34-22(17)19)13-30-21(31)6-3-14-2-1-7-28-11-14/h1-12H,13H2,(H,30,31)(H,32,33)/b6-3+. The maximum atomic E-state index is 13.7. The number of nitrogens with zero attached hydrogens (tertiary/aromatic N) is 2. The normalized spacial score (nSPS) is 11.7. The Bertz CT molecular complexity index is 1380. The highest BCUT2D eigenvalue weighted by Gasteiger charge is 2.35. The number of furan rings is 1. The quantitative estimate of drug-likeness (QED) is 0.390. The smallest absolute Gasteiger partial charge is 0.420 e. The Labute approximate surface area is 190 Å². The molecule has 0 unspecified atom stereocenters. The molecule has 1 aromatic carbocycles. The Balaban J connectivity index is 1.59. The first-order valence-electron chi connectivity index (χ1n) is 9.90. The third kappa shape index (κ3) is 5.12. The summed E-state index contributed by atoms with van der Waals surface area (Å²) in [5, 5.41) is 11.7. The van der Waals surface area contributed by atoms with Gasteiger partial charge in [-0.2, -0.15) is 13.2 Å². The van der Waals surface area contributed by atoms with E-state index in [0.29, 0.717) is 5.56 Å². The maximum Gasteiger partial charge on any atom is 0.420 e. The van der Waals surface area contributed by atoms with Crippen LogP contribution in [0.2, 0.25) is 0 Å². The number of halogens is 3. The Morgan fingerprint density at radius 3 is 2.59 bits per heavy atom. The number of nitrogens with one attached hydrogen (secondary N) is 1. The van der Waals surface area contributed by atoms with Crippen LogP contribution in [0.3, 0.4) is 0 Å². The zero-order chi connectivity index (χ0) is 24.3. The SMILES string of the molecule is O=C(/C=C/c1cccnc1)NCc1cc2cc(-c3ccc(C(=O)O)cn3)cc(C(F)(F)F)c2o1. The predicted octanol–water partition coefficient (Wildman–Crippen LogP) is 4.94. The highest BCUT2D eigenvalue weighted by molar-refractivity contribution is 5.92. The van der Waals surface area contributed by atoms with Crippen LogP contribution in [0.4, 0.5) is 13.2 Å². The fourth-order valence-corrected chi connectivity index (χ4v) is 3.22. The number of aromatic carboxylic acids is 1. The molecule has 3 aromatic heterocycles. The van der Waals surface area contributed by atoms with Crippen molar-refractivity contribution < 1.29 is 32.3 Å². The van der Waals surface area contributed by atoms with E-state index < -0.39 is 23.6 Å². The van der Waals surface area contributed by atoms with Crippen molar-refractivity contribution in [3.8, 4) is 11.3 Å². The first-order chi connectivity index (χ1) is 16.2. The molecule has 0 aliphatic rings. The number of fused-ring (bicyclic) bond motifs is 1. The molecule has 0 fully saturated rings. The van der Waals surface area contributed by atoms with Crippen molar-refractivity contribution in [1.82, 2.24) is 15.3 Å². The van der Waals surface area contributed by atoms with Gasteiger partial charge in [-0.3, -0.25) is 14.8 Å². The first kappa shape index (κ1) is 22.7. The molecular weight excluding hydrogens is 451 g/mol. The van der Waals surface area contributed by atoms with Crippen molar-refractivity contribution in [3.63, 3.8) is 0 Å². The van der Waals surface area contributed by atoms with Crippen LogP contribution in [0.25, 0.3) is 28.3 Å². The summed E-state index contributed by atoms with van der Waals surface area (Å²) in [6, 6.07) is 9.84. The summed E-state index contributed by atoms with van der Waals surface area (Å²) in [6.07, 6.45) is 2.37. The lowest BCUT2D eigenvalue weighted by Crippen LogP contribution is -2.19. The number of alkyl halides is 3. The van der Waals surface area contributed by atoms with Gasteiger partial charge in [0.15, 0.2) is 0 Å². The van der Waals surface area contributed by atoms with Gasteiger partial charge >= 0.3 is 12.1 Å². The number of hydrogen-bond donors (Lipinski definition) is 2. The number of hydrogen-bond acceptors (Lipinski definition) is 5. The Kier molecular flexibility index (Phi) is 6.13. The van der Waals surface area contributed by atoms with Gasteiger partial charge in [0.2, 0.25) is 5.91 Å². The molecule has 1 amide bonds. The van der Waals surface area contributed by atoms with Crippen LogP contribution in [0.1, 0.15) is 27.2 Å². The first-order valence-corrected chi connectivity index (χ1v) is 9.90. The number of carboxylic acid groups (broad SMARTS) is 1. The summed E-state index contributed by atoms with van der Waals surface area (Å²) in [5.74, 6) is -1.51. The number of benzene rings is 1. The van der Waals surface area contributed by atoms with Crippen LogP contribution in [-0.2, 0) is 17.5 Å². The fourth-order valence-electron chi connectivity index (χ4n) is 3.22. The van der Waals surface area contributed by atoms with Gasteiger partial charge in [-0.05, 0) is 48.0 Å². The average Bonchev–Trinajstić information content (AvgIpc) is 3.23. The van der Waals surface area contributed by atoms with E-state index in [2.05, 4.69) is 15.3 Å². The molecule has 0 aliphatic heterocycles. The van der Waals surface area contributed by atoms with Gasteiger partial charge in [0.1, 0.15) is 11.3 Å². The molecule has 7 nitrogen and oxygen atoms in total. The van der Waals surface area contributed by atoms with Crippen molar-refractivity contribution in [2.45, 2.75) is 12.7 Å². The number of carboxylic acids is 1. The summed E-state index contributed by atoms with van der Waals surface area (Å²) in [4.78, 5) is 30.9. The van der Waals surface area contributed by atoms with Gasteiger partial charge in [0.05, 0.1) is 23.4 Å². The van der Waals surface area contributed by atoms with E-state index in [1.165, 1.54) is 30.3 Å². The minimum Gasteiger partial charge on any atom is -0.478 e. The minimum absolute atomic E-state index is 0.0835. The zero-order valence-electron chi connectivity index (χ0n) is 17.3. The molecule has 2 N–H and O–H groups in total. The van der Waals surface area contributed by atoms with Crippen molar-refractivity contribution in [2.24, 2.45) is 0 Å². The molecule has 10 heteroatoms. The van der Waals surface area contributed by atoms with Crippen LogP contribution in [0.5, 0.6) is 0 Å². The molecule has 4 rings (SSSR count). The molecule has 0 saturated heterocycles. The molecule has 34 heavy (non-hydrogen) atoms. The summed E-state index contributed by atoms with van der Waals surface area (Å²) in [6.45, 7) is -0.122. The number of carbonyl (C=O) groups excluding carboxylic acids is 1. The lowest BCUT2D eigenvalue weighted by molar-refractivity contribution is -0.136. The van der Waals surface area contributed by atoms with Crippen LogP contribution >= 0.6 is 0 Å². The van der Waals surface area contributed by atoms with Gasteiger partial charge < -0.3 is 14.8 Å². The summed E-state index contributed by atoms with van der Waals surface area (Å²) < 4.78 is 46.6. The van der Waals surface area contributed by atoms with E-state index in [0.717, 1.165) is 12.3 Å². The van der Waals surface area contributed by atoms with E-state index in [9.17, 15) is 22.8 Å². The molecule has 172 valence electrons. The summed E-state index contributed by atoms with van der Waals surface area (Å²) in [7, 11) is 0. The Morgan fingerprint density at radius 2 is 1.94 bits per heavy atom. The number of rotatable bonds is 6. The molecule has 3 heterocycles. The Morgan fingerprint density at radius 1 is 1.12 bits per heavy atom. The molecule has 0 radical (unpaired) electrons. The van der Waals surface area contributed by atoms with E-state index in [4.69, 9.17) is 9.52 Å². The third-order valence-corrected chi connectivity index (χ3v) is 4.83. The maximum absolute atomic E-state index is 13.7. The lowest BCUT2D eigenvalue weighted by atomic mass is 10.0. The van der Waals surface area contributed by atoms with E-state index in [1.54, 1.807) is 30.6 Å². The fraction of sp³-hybridized carbons (Fsp3) is 0.0833. The topological polar surface area (TPSA) is 105 Å². The minimum atomic E-state index is -4.71. The third-order valence-electron chi connectivity index (χ3n) is 4.83. The summed E-state index contributed by atoms with van der Waals surface area (Å²) >= 11 is 0. The number of aromatic nitrogens is 2. The highest BCUT2D eigenvalue weighted by Crippen LogP contribution is 2.39. The molecule has 0 aliphatic carbocycles. The van der Waals surface area contributed by atoms with E-state index in [1.807, 2.05) is 0 Å². The molecule has 4 aromatic rings. The Hall–Kier alpha value is -4.47. The van der Waals surface area contributed by atoms with Gasteiger partial charge in [-0.25, -0.2) is 4.79 Å². The van der Waals surface area contributed by atoms with Gasteiger partial charge in [-0.1, -0.05) is 6.07 Å². The van der Waals surface area contributed by atoms with Crippen molar-refractivity contribution in [3.05, 3.63) is 89.6 Å². The van der Waals surface area contributed by atoms with Gasteiger partial charge in [0, 0.05) is 35.6 Å². The zero-order valence-corrected chi connectivity index (χ0v) is 17.3. The van der Waals surface area contributed by atoms with Crippen molar-refractivity contribution in [2.75, 3.05) is 0 Å². The van der Waals surface area contributed by atoms with Gasteiger partial charge in [-0.15, -0.1) is 0 Å². The highest BCUT2D eigenvalue weighted by atomic mass is 19.4. The lowest BCUT2D eigenvalue weighted by Gasteiger charge is -2.10. The van der Waals surface area contributed by atoms with Crippen LogP contribution in [0.15, 0.2) is 71.5 Å².